The third kappa shape index (κ3) is 9.29. The molecule has 2 aromatic heterocycles. The number of hydrogen-bond acceptors (Lipinski definition) is 9. The molecule has 2 aliphatic rings. The molecule has 6 rings (SSSR count). The van der Waals surface area contributed by atoms with Gasteiger partial charge in [0.1, 0.15) is 11.4 Å². The van der Waals surface area contributed by atoms with E-state index >= 15 is 0 Å². The number of carbonyl (C=O) groups excluding carboxylic acids is 1. The van der Waals surface area contributed by atoms with Crippen LogP contribution in [-0.2, 0) is 22.1 Å². The number of ether oxygens (including phenoxy) is 1. The number of pyridine rings is 1. The molecule has 0 bridgehead atoms. The van der Waals surface area contributed by atoms with Crippen LogP contribution in [0.25, 0.3) is 10.9 Å². The van der Waals surface area contributed by atoms with E-state index in [0.717, 1.165) is 61.4 Å². The number of aromatic nitrogens is 2. The van der Waals surface area contributed by atoms with Gasteiger partial charge in [0.2, 0.25) is 5.56 Å². The number of benzene rings is 2. The largest absolute Gasteiger partial charge is 0.506 e. The van der Waals surface area contributed by atoms with Gasteiger partial charge in [-0.05, 0) is 72.8 Å². The van der Waals surface area contributed by atoms with E-state index in [1.807, 2.05) is 16.3 Å². The van der Waals surface area contributed by atoms with Crippen LogP contribution < -0.4 is 10.9 Å². The number of hydrogen-bond donors (Lipinski definition) is 3. The van der Waals surface area contributed by atoms with Gasteiger partial charge in [0.15, 0.2) is 8.32 Å². The van der Waals surface area contributed by atoms with Gasteiger partial charge in [0, 0.05) is 55.5 Å². The fourth-order valence-electron chi connectivity index (χ4n) is 7.15. The topological polar surface area (TPSA) is 120 Å². The third-order valence-electron chi connectivity index (χ3n) is 11.4. The molecular weight excluding hydrogens is 703 g/mol. The molecule has 2 aliphatic heterocycles. The normalized spacial score (nSPS) is 17.5. The molecule has 0 saturated carbocycles. The van der Waals surface area contributed by atoms with Gasteiger partial charge in [-0.15, -0.1) is 11.3 Å². The highest BCUT2D eigenvalue weighted by Crippen LogP contribution is 2.41. The van der Waals surface area contributed by atoms with Gasteiger partial charge in [-0.1, -0.05) is 65.0 Å². The Balaban J connectivity index is 1.03. The molecule has 3 N–H and O–H groups in total. The molecule has 0 radical (unpaired) electrons. The first-order valence-electron chi connectivity index (χ1n) is 19.1. The smallest absolute Gasteiger partial charge is 0.273 e. The number of phenols is 1. The van der Waals surface area contributed by atoms with E-state index in [-0.39, 0.29) is 34.0 Å². The van der Waals surface area contributed by atoms with Crippen molar-refractivity contribution in [1.82, 2.24) is 25.1 Å². The second-order valence-electron chi connectivity index (χ2n) is 16.7. The Morgan fingerprint density at radius 3 is 2.58 bits per heavy atom. The summed E-state index contributed by atoms with van der Waals surface area (Å²) in [6, 6.07) is 15.7. The Bertz CT molecular complexity index is 1940. The number of piperidine rings is 1. The average molecular weight is 760 g/mol. The lowest BCUT2D eigenvalue weighted by Crippen LogP contribution is -2.58. The van der Waals surface area contributed by atoms with Gasteiger partial charge in [0.25, 0.3) is 5.91 Å². The van der Waals surface area contributed by atoms with Crippen molar-refractivity contribution in [3.63, 3.8) is 0 Å². The monoisotopic (exact) mass is 759 g/mol. The zero-order valence-electron chi connectivity index (χ0n) is 32.5. The lowest BCUT2D eigenvalue weighted by atomic mass is 9.89. The maximum atomic E-state index is 13.3. The first-order chi connectivity index (χ1) is 25.1. The molecule has 0 aliphatic carbocycles. The number of phenolic OH excluding ortho intramolecular Hbond substituents is 1. The van der Waals surface area contributed by atoms with Crippen molar-refractivity contribution in [2.24, 2.45) is 0 Å². The second kappa shape index (κ2) is 16.1. The summed E-state index contributed by atoms with van der Waals surface area (Å²) in [6.45, 7) is 21.4. The number of aromatic amines is 1. The summed E-state index contributed by atoms with van der Waals surface area (Å²) in [6.07, 6.45) is 2.43. The van der Waals surface area contributed by atoms with Gasteiger partial charge < -0.3 is 29.5 Å². The van der Waals surface area contributed by atoms with Crippen LogP contribution in [0.1, 0.15) is 91.7 Å². The molecule has 53 heavy (non-hydrogen) atoms. The van der Waals surface area contributed by atoms with Crippen molar-refractivity contribution in [2.75, 3.05) is 45.9 Å². The van der Waals surface area contributed by atoms with Crippen LogP contribution in [0.3, 0.4) is 0 Å². The van der Waals surface area contributed by atoms with Crippen LogP contribution in [-0.4, -0.2) is 90.6 Å². The Morgan fingerprint density at radius 1 is 1.11 bits per heavy atom. The van der Waals surface area contributed by atoms with Crippen LogP contribution in [0.4, 0.5) is 0 Å². The predicted octanol–water partition coefficient (Wildman–Crippen LogP) is 7.22. The number of nitrogens with zero attached hydrogens (tertiary/aromatic N) is 3. The zero-order valence-corrected chi connectivity index (χ0v) is 34.3. The SMILES string of the molecule is CC(C)c1nc(C(=O)N2CCOC3(CCN(Cc4cccc(CCNC[C@H](O[Si](C)(C)C(C)(C)C)c5ccc(O)c6[nH]c(=O)ccc56)c4)CC3)C2)cs1. The number of carbonyl (C=O) groups is 1. The number of thiazole rings is 1. The van der Waals surface area contributed by atoms with Crippen LogP contribution in [0.5, 0.6) is 5.75 Å². The zero-order chi connectivity index (χ0) is 38.0. The van der Waals surface area contributed by atoms with Crippen LogP contribution in [0, 0.1) is 0 Å². The summed E-state index contributed by atoms with van der Waals surface area (Å²) < 4.78 is 13.4. The Kier molecular flexibility index (Phi) is 12.0. The van der Waals surface area contributed by atoms with Crippen LogP contribution >= 0.6 is 11.3 Å². The van der Waals surface area contributed by atoms with E-state index < -0.39 is 8.32 Å². The predicted molar refractivity (Wildman–Crippen MR) is 216 cm³/mol. The number of fused-ring (bicyclic) bond motifs is 1. The van der Waals surface area contributed by atoms with Crippen LogP contribution in [0.15, 0.2) is 58.7 Å². The average Bonchev–Trinajstić information content (AvgIpc) is 3.62. The maximum absolute atomic E-state index is 13.3. The molecule has 286 valence electrons. The first-order valence-corrected chi connectivity index (χ1v) is 22.8. The summed E-state index contributed by atoms with van der Waals surface area (Å²) in [4.78, 5) is 37.3. The minimum Gasteiger partial charge on any atom is -0.506 e. The lowest BCUT2D eigenvalue weighted by molar-refractivity contribution is -0.128. The van der Waals surface area contributed by atoms with Crippen molar-refractivity contribution in [3.05, 3.63) is 91.7 Å². The standard InChI is InChI=1S/C41H57N5O5SSi/c1-28(2)38-43-33(26-52-38)39(49)46-21-22-50-41(27-46)16-19-45(20-17-41)25-30-10-8-9-29(23-30)15-18-42-24-35(51-53(6,7)40(3,4)5)31-11-13-34(47)37-32(31)12-14-36(48)44-37/h8-14,23,26,28,35,42,47H,15-22,24-25,27H2,1-7H3,(H,44,48)/t35-/m0/s1. The van der Waals surface area contributed by atoms with Crippen molar-refractivity contribution < 1.29 is 19.1 Å². The van der Waals surface area contributed by atoms with E-state index in [4.69, 9.17) is 9.16 Å². The molecule has 2 fully saturated rings. The summed E-state index contributed by atoms with van der Waals surface area (Å²) in [5.41, 5.74) is 4.00. The summed E-state index contributed by atoms with van der Waals surface area (Å²) in [7, 11) is -2.16. The molecule has 1 atom stereocenters. The number of aromatic hydroxyl groups is 1. The minimum absolute atomic E-state index is 0.0181. The molecule has 2 aromatic carbocycles. The number of amides is 1. The van der Waals surface area contributed by atoms with Crippen molar-refractivity contribution in [2.45, 2.75) is 96.2 Å². The molecule has 1 amide bonds. The van der Waals surface area contributed by atoms with E-state index in [9.17, 15) is 14.7 Å². The molecule has 4 aromatic rings. The minimum atomic E-state index is -2.16. The second-order valence-corrected chi connectivity index (χ2v) is 22.3. The maximum Gasteiger partial charge on any atom is 0.273 e. The van der Waals surface area contributed by atoms with E-state index in [2.05, 4.69) is 92.2 Å². The lowest BCUT2D eigenvalue weighted by Gasteiger charge is -2.47. The highest BCUT2D eigenvalue weighted by molar-refractivity contribution is 7.09. The van der Waals surface area contributed by atoms with Gasteiger partial charge in [0.05, 0.1) is 35.4 Å². The molecule has 0 unspecified atom stereocenters. The van der Waals surface area contributed by atoms with Crippen molar-refractivity contribution >= 4 is 36.5 Å². The molecule has 1 spiro atoms. The fourth-order valence-corrected chi connectivity index (χ4v) is 9.23. The summed E-state index contributed by atoms with van der Waals surface area (Å²) in [5.74, 6) is 0.395. The molecular formula is C41H57N5O5SSi. The number of H-pyrrole nitrogens is 1. The number of nitrogens with one attached hydrogen (secondary N) is 2. The molecule has 2 saturated heterocycles. The van der Waals surface area contributed by atoms with E-state index in [1.165, 1.54) is 17.2 Å². The highest BCUT2D eigenvalue weighted by atomic mass is 32.1. The van der Waals surface area contributed by atoms with Gasteiger partial charge in [-0.25, -0.2) is 4.98 Å². The van der Waals surface area contributed by atoms with Gasteiger partial charge >= 0.3 is 0 Å². The number of morpholine rings is 1. The number of likely N-dealkylation sites (tertiary alicyclic amines) is 1. The summed E-state index contributed by atoms with van der Waals surface area (Å²) in [5, 5.41) is 17.9. The molecule has 12 heteroatoms. The quantitative estimate of drug-likeness (QED) is 0.102. The molecule has 10 nitrogen and oxygen atoms in total. The Labute approximate surface area is 319 Å². The van der Waals surface area contributed by atoms with Crippen molar-refractivity contribution in [3.8, 4) is 5.75 Å². The van der Waals surface area contributed by atoms with Crippen molar-refractivity contribution in [1.29, 1.82) is 0 Å². The van der Waals surface area contributed by atoms with Gasteiger partial charge in [-0.3, -0.25) is 14.5 Å². The third-order valence-corrected chi connectivity index (χ3v) is 17.0. The summed E-state index contributed by atoms with van der Waals surface area (Å²) >= 11 is 1.57. The number of rotatable bonds is 12. The van der Waals surface area contributed by atoms with Crippen LogP contribution in [0.2, 0.25) is 18.1 Å². The van der Waals surface area contributed by atoms with E-state index in [0.29, 0.717) is 43.4 Å². The fraction of sp³-hybridized carbons (Fsp3) is 0.537. The van der Waals surface area contributed by atoms with Gasteiger partial charge in [-0.2, -0.15) is 0 Å². The highest BCUT2D eigenvalue weighted by Gasteiger charge is 2.42. The molecule has 4 heterocycles. The first kappa shape index (κ1) is 39.3. The van der Waals surface area contributed by atoms with E-state index in [1.54, 1.807) is 23.5 Å². The Morgan fingerprint density at radius 2 is 1.87 bits per heavy atom. The Hall–Kier alpha value is -3.39.